The lowest BCUT2D eigenvalue weighted by Crippen LogP contribution is -2.05. The van der Waals surface area contributed by atoms with Crippen molar-refractivity contribution in [1.82, 2.24) is 0 Å². The van der Waals surface area contributed by atoms with Crippen molar-refractivity contribution in [2.45, 2.75) is 33.6 Å². The highest BCUT2D eigenvalue weighted by Crippen LogP contribution is 2.41. The molecule has 1 rings (SSSR count). The van der Waals surface area contributed by atoms with Crippen LogP contribution in [-0.2, 0) is 0 Å². The highest BCUT2D eigenvalue weighted by atomic mass is 16.5. The van der Waals surface area contributed by atoms with Gasteiger partial charge in [0.2, 0.25) is 0 Å². The number of rotatable bonds is 4. The zero-order chi connectivity index (χ0) is 13.2. The van der Waals surface area contributed by atoms with Gasteiger partial charge in [0.05, 0.1) is 14.2 Å². The molecule has 0 amide bonds. The Morgan fingerprint density at radius 1 is 0.941 bits per heavy atom. The molecule has 94 valence electrons. The van der Waals surface area contributed by atoms with Crippen LogP contribution in [0.2, 0.25) is 0 Å². The predicted octanol–water partition coefficient (Wildman–Crippen LogP) is 3.92. The van der Waals surface area contributed by atoms with E-state index in [1.54, 1.807) is 14.2 Å². The summed E-state index contributed by atoms with van der Waals surface area (Å²) in [6, 6.07) is 0. The Bertz CT molecular complexity index is 433. The third-order valence-electron chi connectivity index (χ3n) is 3.45. The van der Waals surface area contributed by atoms with Crippen LogP contribution in [0, 0.1) is 20.8 Å². The van der Waals surface area contributed by atoms with E-state index in [1.807, 2.05) is 6.08 Å². The summed E-state index contributed by atoms with van der Waals surface area (Å²) in [5.41, 5.74) is 4.59. The van der Waals surface area contributed by atoms with E-state index in [1.165, 1.54) is 5.56 Å². The maximum atomic E-state index is 5.56. The third kappa shape index (κ3) is 2.17. The van der Waals surface area contributed by atoms with Gasteiger partial charge in [-0.15, -0.1) is 6.58 Å². The average molecular weight is 234 g/mol. The monoisotopic (exact) mass is 234 g/mol. The summed E-state index contributed by atoms with van der Waals surface area (Å²) in [6.07, 6.45) is 1.93. The van der Waals surface area contributed by atoms with E-state index in [0.717, 1.165) is 28.2 Å². The van der Waals surface area contributed by atoms with Crippen molar-refractivity contribution in [3.63, 3.8) is 0 Å². The van der Waals surface area contributed by atoms with Crippen LogP contribution < -0.4 is 9.47 Å². The minimum absolute atomic E-state index is 0.248. The Labute approximate surface area is 104 Å². The number of benzene rings is 1. The van der Waals surface area contributed by atoms with Crippen LogP contribution in [0.25, 0.3) is 0 Å². The maximum absolute atomic E-state index is 5.56. The molecule has 0 aliphatic carbocycles. The summed E-state index contributed by atoms with van der Waals surface area (Å²) in [7, 11) is 3.43. The van der Waals surface area contributed by atoms with Crippen molar-refractivity contribution in [3.8, 4) is 11.5 Å². The standard InChI is InChI=1S/C15H22O2/c1-8-9(2)13-12(5)14(16-6)10(3)11(4)15(13)17-7/h8-9H,1H2,2-7H3/t9-/m1/s1. The molecule has 1 aromatic carbocycles. The fraction of sp³-hybridized carbons (Fsp3) is 0.467. The Morgan fingerprint density at radius 3 is 1.82 bits per heavy atom. The Hall–Kier alpha value is -1.44. The molecule has 1 atom stereocenters. The summed E-state index contributed by atoms with van der Waals surface area (Å²) in [5.74, 6) is 2.15. The molecule has 0 aromatic heterocycles. The summed E-state index contributed by atoms with van der Waals surface area (Å²) in [4.78, 5) is 0. The first-order chi connectivity index (χ1) is 7.99. The van der Waals surface area contributed by atoms with E-state index in [0.29, 0.717) is 0 Å². The van der Waals surface area contributed by atoms with Crippen LogP contribution in [-0.4, -0.2) is 14.2 Å². The summed E-state index contributed by atoms with van der Waals surface area (Å²) in [6.45, 7) is 12.2. The predicted molar refractivity (Wildman–Crippen MR) is 72.4 cm³/mol. The SMILES string of the molecule is C=C[C@@H](C)c1c(C)c(OC)c(C)c(C)c1OC. The molecule has 0 fully saturated rings. The number of ether oxygens (including phenoxy) is 2. The van der Waals surface area contributed by atoms with Gasteiger partial charge in [-0.05, 0) is 37.5 Å². The van der Waals surface area contributed by atoms with Gasteiger partial charge in [-0.3, -0.25) is 0 Å². The van der Waals surface area contributed by atoms with Gasteiger partial charge in [0, 0.05) is 11.5 Å². The van der Waals surface area contributed by atoms with Gasteiger partial charge in [-0.1, -0.05) is 13.0 Å². The molecule has 0 spiro atoms. The largest absolute Gasteiger partial charge is 0.496 e. The molecule has 0 unspecified atom stereocenters. The van der Waals surface area contributed by atoms with Crippen LogP contribution in [0.4, 0.5) is 0 Å². The molecule has 0 aliphatic rings. The molecule has 17 heavy (non-hydrogen) atoms. The van der Waals surface area contributed by atoms with E-state index in [2.05, 4.69) is 34.3 Å². The zero-order valence-corrected chi connectivity index (χ0v) is 11.7. The van der Waals surface area contributed by atoms with Gasteiger partial charge in [0.25, 0.3) is 0 Å². The minimum Gasteiger partial charge on any atom is -0.496 e. The Kier molecular flexibility index (Phi) is 4.22. The number of hydrogen-bond acceptors (Lipinski definition) is 2. The van der Waals surface area contributed by atoms with Gasteiger partial charge in [-0.2, -0.15) is 0 Å². The van der Waals surface area contributed by atoms with E-state index in [-0.39, 0.29) is 5.92 Å². The molecule has 0 bridgehead atoms. The van der Waals surface area contributed by atoms with E-state index >= 15 is 0 Å². The molecule has 0 heterocycles. The third-order valence-corrected chi connectivity index (χ3v) is 3.45. The summed E-state index contributed by atoms with van der Waals surface area (Å²) >= 11 is 0. The van der Waals surface area contributed by atoms with E-state index in [9.17, 15) is 0 Å². The fourth-order valence-electron chi connectivity index (χ4n) is 2.35. The van der Waals surface area contributed by atoms with Crippen LogP contribution in [0.3, 0.4) is 0 Å². The molecule has 0 radical (unpaired) electrons. The highest BCUT2D eigenvalue weighted by Gasteiger charge is 2.20. The molecule has 0 N–H and O–H groups in total. The van der Waals surface area contributed by atoms with Crippen molar-refractivity contribution < 1.29 is 9.47 Å². The number of hydrogen-bond donors (Lipinski definition) is 0. The Morgan fingerprint density at radius 2 is 1.41 bits per heavy atom. The van der Waals surface area contributed by atoms with Crippen LogP contribution >= 0.6 is 0 Å². The van der Waals surface area contributed by atoms with Gasteiger partial charge in [0.1, 0.15) is 11.5 Å². The first kappa shape index (κ1) is 13.6. The second-order valence-corrected chi connectivity index (χ2v) is 4.38. The van der Waals surface area contributed by atoms with Crippen molar-refractivity contribution in [1.29, 1.82) is 0 Å². The summed E-state index contributed by atoms with van der Waals surface area (Å²) in [5, 5.41) is 0. The lowest BCUT2D eigenvalue weighted by atomic mass is 9.90. The van der Waals surface area contributed by atoms with E-state index < -0.39 is 0 Å². The second kappa shape index (κ2) is 5.26. The second-order valence-electron chi connectivity index (χ2n) is 4.38. The van der Waals surface area contributed by atoms with Gasteiger partial charge in [0.15, 0.2) is 0 Å². The molecule has 0 aliphatic heterocycles. The molecular weight excluding hydrogens is 212 g/mol. The van der Waals surface area contributed by atoms with Crippen molar-refractivity contribution in [2.75, 3.05) is 14.2 Å². The minimum atomic E-state index is 0.248. The number of methoxy groups -OCH3 is 2. The van der Waals surface area contributed by atoms with Gasteiger partial charge in [-0.25, -0.2) is 0 Å². The zero-order valence-electron chi connectivity index (χ0n) is 11.7. The normalized spacial score (nSPS) is 12.1. The highest BCUT2D eigenvalue weighted by molar-refractivity contribution is 5.59. The first-order valence-electron chi connectivity index (χ1n) is 5.83. The van der Waals surface area contributed by atoms with Crippen molar-refractivity contribution >= 4 is 0 Å². The molecule has 0 saturated heterocycles. The molecular formula is C15H22O2. The van der Waals surface area contributed by atoms with Gasteiger partial charge < -0.3 is 9.47 Å². The van der Waals surface area contributed by atoms with E-state index in [4.69, 9.17) is 9.47 Å². The maximum Gasteiger partial charge on any atom is 0.126 e. The first-order valence-corrected chi connectivity index (χ1v) is 5.83. The molecule has 2 nitrogen and oxygen atoms in total. The molecule has 1 aromatic rings. The lowest BCUT2D eigenvalue weighted by molar-refractivity contribution is 0.390. The topological polar surface area (TPSA) is 18.5 Å². The van der Waals surface area contributed by atoms with Crippen LogP contribution in [0.15, 0.2) is 12.7 Å². The quantitative estimate of drug-likeness (QED) is 0.735. The lowest BCUT2D eigenvalue weighted by Gasteiger charge is -2.22. The smallest absolute Gasteiger partial charge is 0.126 e. The van der Waals surface area contributed by atoms with Crippen molar-refractivity contribution in [2.24, 2.45) is 0 Å². The average Bonchev–Trinajstić information content (AvgIpc) is 2.33. The van der Waals surface area contributed by atoms with Crippen molar-refractivity contribution in [3.05, 3.63) is 34.9 Å². The van der Waals surface area contributed by atoms with Gasteiger partial charge >= 0.3 is 0 Å². The Balaban J connectivity index is 3.66. The fourth-order valence-corrected chi connectivity index (χ4v) is 2.35. The number of allylic oxidation sites excluding steroid dienone is 1. The molecule has 2 heteroatoms. The summed E-state index contributed by atoms with van der Waals surface area (Å²) < 4.78 is 11.1. The van der Waals surface area contributed by atoms with Crippen LogP contribution in [0.1, 0.15) is 35.1 Å². The molecule has 0 saturated carbocycles. The van der Waals surface area contributed by atoms with Crippen LogP contribution in [0.5, 0.6) is 11.5 Å².